The molecule has 1 aliphatic rings. The molecule has 1 fully saturated rings. The first kappa shape index (κ1) is 21.4. The predicted octanol–water partition coefficient (Wildman–Crippen LogP) is 2.10. The van der Waals surface area contributed by atoms with Gasteiger partial charge in [0.1, 0.15) is 5.82 Å². The quantitative estimate of drug-likeness (QED) is 0.575. The van der Waals surface area contributed by atoms with Crippen molar-refractivity contribution in [2.45, 2.75) is 44.5 Å². The highest BCUT2D eigenvalue weighted by molar-refractivity contribution is 7.92. The Kier molecular flexibility index (Phi) is 6.62. The standard InChI is InChI=1S/C21H31N5O2S/c1-21(2)17-26(14-15-29(21,27)28)20(22-3)24-16-19-23-11-13-25(19)12-7-10-18-8-5-4-6-9-18/h4-6,8-9,11,13H,7,10,12,14-17H2,1-3H3,(H,22,24). The number of nitrogens with one attached hydrogen (secondary N) is 1. The molecule has 0 radical (unpaired) electrons. The van der Waals surface area contributed by atoms with Crippen LogP contribution in [-0.4, -0.2) is 59.5 Å². The van der Waals surface area contributed by atoms with Crippen LogP contribution in [0.15, 0.2) is 47.7 Å². The summed E-state index contributed by atoms with van der Waals surface area (Å²) in [5.41, 5.74) is 1.34. The lowest BCUT2D eigenvalue weighted by atomic mass is 10.1. The van der Waals surface area contributed by atoms with E-state index in [0.29, 0.717) is 25.6 Å². The van der Waals surface area contributed by atoms with Crippen molar-refractivity contribution >= 4 is 15.8 Å². The number of nitrogens with zero attached hydrogens (tertiary/aromatic N) is 4. The van der Waals surface area contributed by atoms with Crippen LogP contribution in [0.1, 0.15) is 31.7 Å². The van der Waals surface area contributed by atoms with Gasteiger partial charge in [-0.15, -0.1) is 0 Å². The maximum absolute atomic E-state index is 12.3. The maximum Gasteiger partial charge on any atom is 0.194 e. The summed E-state index contributed by atoms with van der Waals surface area (Å²) in [7, 11) is -1.35. The molecule has 0 spiro atoms. The molecule has 0 unspecified atom stereocenters. The summed E-state index contributed by atoms with van der Waals surface area (Å²) in [5.74, 6) is 1.81. The molecular formula is C21H31N5O2S. The van der Waals surface area contributed by atoms with Crippen molar-refractivity contribution in [3.8, 4) is 0 Å². The molecular weight excluding hydrogens is 386 g/mol. The number of guanidine groups is 1. The van der Waals surface area contributed by atoms with Crippen molar-refractivity contribution < 1.29 is 8.42 Å². The third kappa shape index (κ3) is 5.18. The largest absolute Gasteiger partial charge is 0.349 e. The normalized spacial score (nSPS) is 18.6. The number of hydrogen-bond acceptors (Lipinski definition) is 4. The highest BCUT2D eigenvalue weighted by Gasteiger charge is 2.40. The zero-order valence-corrected chi connectivity index (χ0v) is 18.3. The molecule has 2 heterocycles. The van der Waals surface area contributed by atoms with Crippen molar-refractivity contribution in [2.75, 3.05) is 25.9 Å². The SMILES string of the molecule is CN=C(NCc1nccn1CCCc1ccccc1)N1CCS(=O)(=O)C(C)(C)C1. The summed E-state index contributed by atoms with van der Waals surface area (Å²) < 4.78 is 25.9. The molecule has 0 aliphatic carbocycles. The van der Waals surface area contributed by atoms with E-state index in [-0.39, 0.29) is 5.75 Å². The Balaban J connectivity index is 1.55. The molecule has 1 aromatic carbocycles. The molecule has 2 aromatic rings. The average Bonchev–Trinajstić information content (AvgIpc) is 3.13. The number of aliphatic imine (C=N–C) groups is 1. The summed E-state index contributed by atoms with van der Waals surface area (Å²) >= 11 is 0. The second-order valence-electron chi connectivity index (χ2n) is 8.03. The maximum atomic E-state index is 12.3. The number of sulfone groups is 1. The van der Waals surface area contributed by atoms with Gasteiger partial charge < -0.3 is 14.8 Å². The minimum absolute atomic E-state index is 0.148. The third-order valence-electron chi connectivity index (χ3n) is 5.47. The zero-order valence-electron chi connectivity index (χ0n) is 17.5. The first-order valence-electron chi connectivity index (χ1n) is 10.0. The molecule has 0 saturated carbocycles. The van der Waals surface area contributed by atoms with E-state index in [4.69, 9.17) is 0 Å². The van der Waals surface area contributed by atoms with Crippen LogP contribution in [0.2, 0.25) is 0 Å². The smallest absolute Gasteiger partial charge is 0.194 e. The minimum atomic E-state index is -3.07. The lowest BCUT2D eigenvalue weighted by Crippen LogP contribution is -2.57. The Hall–Kier alpha value is -2.35. The van der Waals surface area contributed by atoms with Gasteiger partial charge in [-0.1, -0.05) is 30.3 Å². The van der Waals surface area contributed by atoms with Crippen LogP contribution >= 0.6 is 0 Å². The second-order valence-corrected chi connectivity index (χ2v) is 10.8. The van der Waals surface area contributed by atoms with Gasteiger partial charge in [-0.05, 0) is 32.3 Å². The van der Waals surface area contributed by atoms with E-state index in [1.54, 1.807) is 20.9 Å². The lowest BCUT2D eigenvalue weighted by molar-refractivity contribution is 0.352. The molecule has 8 heteroatoms. The van der Waals surface area contributed by atoms with Crippen molar-refractivity contribution in [1.82, 2.24) is 19.8 Å². The molecule has 7 nitrogen and oxygen atoms in total. The predicted molar refractivity (Wildman–Crippen MR) is 117 cm³/mol. The van der Waals surface area contributed by atoms with Crippen molar-refractivity contribution in [3.63, 3.8) is 0 Å². The van der Waals surface area contributed by atoms with Gasteiger partial charge in [0.25, 0.3) is 0 Å². The van der Waals surface area contributed by atoms with Crippen LogP contribution in [0.5, 0.6) is 0 Å². The van der Waals surface area contributed by atoms with Crippen LogP contribution in [-0.2, 0) is 29.3 Å². The van der Waals surface area contributed by atoms with Crippen molar-refractivity contribution in [1.29, 1.82) is 0 Å². The van der Waals surface area contributed by atoms with Gasteiger partial charge in [-0.3, -0.25) is 4.99 Å². The van der Waals surface area contributed by atoms with Crippen LogP contribution in [0.25, 0.3) is 0 Å². The van der Waals surface area contributed by atoms with Crippen molar-refractivity contribution in [3.05, 3.63) is 54.1 Å². The Bertz CT molecular complexity index is 935. The lowest BCUT2D eigenvalue weighted by Gasteiger charge is -2.39. The van der Waals surface area contributed by atoms with E-state index in [1.807, 2.05) is 23.4 Å². The number of benzene rings is 1. The number of rotatable bonds is 6. The number of aromatic nitrogens is 2. The molecule has 1 aliphatic heterocycles. The molecule has 1 aromatic heterocycles. The van der Waals surface area contributed by atoms with E-state index >= 15 is 0 Å². The molecule has 158 valence electrons. The van der Waals surface area contributed by atoms with E-state index in [2.05, 4.69) is 44.1 Å². The van der Waals surface area contributed by atoms with Gasteiger partial charge in [-0.25, -0.2) is 13.4 Å². The van der Waals surface area contributed by atoms with Gasteiger partial charge in [0.2, 0.25) is 0 Å². The van der Waals surface area contributed by atoms with Gasteiger partial charge in [0, 0.05) is 39.1 Å². The van der Waals surface area contributed by atoms with E-state index in [0.717, 1.165) is 25.2 Å². The second kappa shape index (κ2) is 8.98. The van der Waals surface area contributed by atoms with Gasteiger partial charge in [-0.2, -0.15) is 0 Å². The average molecular weight is 418 g/mol. The number of imidazole rings is 1. The first-order valence-corrected chi connectivity index (χ1v) is 11.7. The monoisotopic (exact) mass is 417 g/mol. The Morgan fingerprint density at radius 1 is 1.28 bits per heavy atom. The highest BCUT2D eigenvalue weighted by atomic mass is 32.2. The molecule has 1 saturated heterocycles. The summed E-state index contributed by atoms with van der Waals surface area (Å²) in [6.45, 7) is 5.90. The number of aryl methyl sites for hydroxylation is 2. The molecule has 1 N–H and O–H groups in total. The van der Waals surface area contributed by atoms with Gasteiger partial charge in [0.15, 0.2) is 15.8 Å². The Labute approximate surface area is 173 Å². The summed E-state index contributed by atoms with van der Waals surface area (Å²) in [6.07, 6.45) is 5.89. The van der Waals surface area contributed by atoms with Crippen LogP contribution in [0, 0.1) is 0 Å². The molecule has 0 bridgehead atoms. The molecule has 29 heavy (non-hydrogen) atoms. The van der Waals surface area contributed by atoms with E-state index < -0.39 is 14.6 Å². The summed E-state index contributed by atoms with van der Waals surface area (Å²) in [4.78, 5) is 10.8. The summed E-state index contributed by atoms with van der Waals surface area (Å²) in [6, 6.07) is 10.5. The summed E-state index contributed by atoms with van der Waals surface area (Å²) in [5, 5.41) is 3.35. The molecule has 0 amide bonds. The van der Waals surface area contributed by atoms with Crippen LogP contribution < -0.4 is 5.32 Å². The Morgan fingerprint density at radius 3 is 2.72 bits per heavy atom. The third-order valence-corrected chi connectivity index (χ3v) is 8.00. The van der Waals surface area contributed by atoms with Gasteiger partial charge in [0.05, 0.1) is 17.0 Å². The fraction of sp³-hybridized carbons (Fsp3) is 0.524. The van der Waals surface area contributed by atoms with E-state index in [9.17, 15) is 8.42 Å². The fourth-order valence-electron chi connectivity index (χ4n) is 3.62. The molecule has 3 rings (SSSR count). The van der Waals surface area contributed by atoms with E-state index in [1.165, 1.54) is 5.56 Å². The van der Waals surface area contributed by atoms with Gasteiger partial charge >= 0.3 is 0 Å². The minimum Gasteiger partial charge on any atom is -0.349 e. The fourth-order valence-corrected chi connectivity index (χ4v) is 4.99. The van der Waals surface area contributed by atoms with Crippen molar-refractivity contribution in [2.24, 2.45) is 4.99 Å². The molecule has 0 atom stereocenters. The number of hydrogen-bond donors (Lipinski definition) is 1. The van der Waals surface area contributed by atoms with Crippen LogP contribution in [0.3, 0.4) is 0 Å². The Morgan fingerprint density at radius 2 is 2.03 bits per heavy atom. The first-order chi connectivity index (χ1) is 13.8. The van der Waals surface area contributed by atoms with Crippen LogP contribution in [0.4, 0.5) is 0 Å². The topological polar surface area (TPSA) is 79.6 Å². The highest BCUT2D eigenvalue weighted by Crippen LogP contribution is 2.23. The zero-order chi connectivity index (χ0) is 20.9.